The number of hydrazine groups is 1. The number of amides is 3. The summed E-state index contributed by atoms with van der Waals surface area (Å²) in [6, 6.07) is 12.1. The fourth-order valence-corrected chi connectivity index (χ4v) is 4.31. The van der Waals surface area contributed by atoms with Crippen LogP contribution in [0, 0.1) is 10.1 Å². The number of hydrogen-bond donors (Lipinski definition) is 2. The number of hydrogen-bond acceptors (Lipinski definition) is 7. The molecule has 12 heteroatoms. The van der Waals surface area contributed by atoms with E-state index in [9.17, 15) is 24.5 Å². The maximum atomic E-state index is 12.7. The second kappa shape index (κ2) is 11.0. The van der Waals surface area contributed by atoms with Crippen molar-refractivity contribution in [1.82, 2.24) is 15.8 Å². The van der Waals surface area contributed by atoms with Gasteiger partial charge in [0.15, 0.2) is 0 Å². The van der Waals surface area contributed by atoms with Crippen LogP contribution >= 0.6 is 35.6 Å². The van der Waals surface area contributed by atoms with E-state index in [4.69, 9.17) is 23.8 Å². The molecule has 1 saturated heterocycles. The van der Waals surface area contributed by atoms with Crippen molar-refractivity contribution in [2.45, 2.75) is 12.8 Å². The second-order valence-electron chi connectivity index (χ2n) is 6.76. The number of carbonyl (C=O) groups is 3. The molecule has 0 spiro atoms. The Labute approximate surface area is 203 Å². The van der Waals surface area contributed by atoms with Crippen molar-refractivity contribution < 1.29 is 19.3 Å². The predicted molar refractivity (Wildman–Crippen MR) is 129 cm³/mol. The van der Waals surface area contributed by atoms with Gasteiger partial charge < -0.3 is 0 Å². The number of rotatable bonds is 7. The lowest BCUT2D eigenvalue weighted by molar-refractivity contribution is -0.384. The quantitative estimate of drug-likeness (QED) is 0.255. The van der Waals surface area contributed by atoms with Gasteiger partial charge in [0.25, 0.3) is 17.5 Å². The van der Waals surface area contributed by atoms with Gasteiger partial charge in [-0.05, 0) is 36.3 Å². The molecule has 0 radical (unpaired) electrons. The summed E-state index contributed by atoms with van der Waals surface area (Å²) >= 11 is 12.6. The van der Waals surface area contributed by atoms with Crippen molar-refractivity contribution >= 4 is 69.4 Å². The van der Waals surface area contributed by atoms with Crippen molar-refractivity contribution in [3.8, 4) is 0 Å². The van der Waals surface area contributed by atoms with Gasteiger partial charge in [0.1, 0.15) is 4.32 Å². The van der Waals surface area contributed by atoms with E-state index in [0.29, 0.717) is 26.2 Å². The van der Waals surface area contributed by atoms with Crippen LogP contribution in [0.3, 0.4) is 0 Å². The van der Waals surface area contributed by atoms with Crippen molar-refractivity contribution in [2.24, 2.45) is 0 Å². The van der Waals surface area contributed by atoms with E-state index < -0.39 is 16.7 Å². The number of halogens is 1. The van der Waals surface area contributed by atoms with Gasteiger partial charge in [-0.15, -0.1) is 0 Å². The molecular weight excluding hydrogens is 488 g/mol. The first-order valence-electron chi connectivity index (χ1n) is 9.60. The number of nitrogens with zero attached hydrogens (tertiary/aromatic N) is 2. The average molecular weight is 505 g/mol. The fraction of sp³-hybridized carbons (Fsp3) is 0.143. The number of nitrogens with one attached hydrogen (secondary N) is 2. The summed E-state index contributed by atoms with van der Waals surface area (Å²) in [5, 5.41) is 11.2. The highest BCUT2D eigenvalue weighted by Gasteiger charge is 2.31. The maximum absolute atomic E-state index is 12.7. The van der Waals surface area contributed by atoms with E-state index in [0.717, 1.165) is 0 Å². The van der Waals surface area contributed by atoms with Crippen LogP contribution in [0.4, 0.5) is 5.69 Å². The number of carbonyl (C=O) groups excluding carboxylic acids is 3. The van der Waals surface area contributed by atoms with Gasteiger partial charge in [0.2, 0.25) is 5.91 Å². The van der Waals surface area contributed by atoms with E-state index >= 15 is 0 Å². The molecule has 2 aromatic carbocycles. The first-order chi connectivity index (χ1) is 15.8. The van der Waals surface area contributed by atoms with Crippen LogP contribution in [0.1, 0.15) is 28.8 Å². The molecule has 1 heterocycles. The summed E-state index contributed by atoms with van der Waals surface area (Å²) in [5.74, 6) is -1.32. The molecule has 2 aromatic rings. The summed E-state index contributed by atoms with van der Waals surface area (Å²) in [7, 11) is 0. The zero-order valence-electron chi connectivity index (χ0n) is 16.9. The Morgan fingerprint density at radius 2 is 1.85 bits per heavy atom. The molecule has 3 rings (SSSR count). The zero-order chi connectivity index (χ0) is 24.0. The third kappa shape index (κ3) is 6.37. The van der Waals surface area contributed by atoms with Crippen molar-refractivity contribution in [3.05, 3.63) is 79.7 Å². The molecule has 1 aliphatic rings. The van der Waals surface area contributed by atoms with Gasteiger partial charge in [-0.2, -0.15) is 0 Å². The lowest BCUT2D eigenvalue weighted by Crippen LogP contribution is -2.41. The fourth-order valence-electron chi connectivity index (χ4n) is 2.82. The maximum Gasteiger partial charge on any atom is 0.269 e. The highest BCUT2D eigenvalue weighted by molar-refractivity contribution is 8.26. The van der Waals surface area contributed by atoms with Crippen LogP contribution in [0.2, 0.25) is 5.02 Å². The highest BCUT2D eigenvalue weighted by atomic mass is 35.5. The van der Waals surface area contributed by atoms with Crippen LogP contribution in [0.5, 0.6) is 0 Å². The minimum Gasteiger partial charge on any atom is -0.293 e. The Morgan fingerprint density at radius 1 is 1.15 bits per heavy atom. The smallest absolute Gasteiger partial charge is 0.269 e. The molecule has 170 valence electrons. The van der Waals surface area contributed by atoms with Gasteiger partial charge in [0.05, 0.1) is 9.83 Å². The monoisotopic (exact) mass is 504 g/mol. The normalized spacial score (nSPS) is 14.5. The number of non-ortho nitro benzene ring substituents is 1. The van der Waals surface area contributed by atoms with Crippen molar-refractivity contribution in [2.75, 3.05) is 6.54 Å². The molecular formula is C21H17ClN4O5S2. The summed E-state index contributed by atoms with van der Waals surface area (Å²) in [6.45, 7) is 0.244. The number of thioether (sulfide) groups is 1. The Hall–Kier alpha value is -3.28. The largest absolute Gasteiger partial charge is 0.293 e. The van der Waals surface area contributed by atoms with Crippen molar-refractivity contribution in [3.63, 3.8) is 0 Å². The number of nitro benzene ring substituents is 1. The molecule has 0 unspecified atom stereocenters. The predicted octanol–water partition coefficient (Wildman–Crippen LogP) is 3.69. The SMILES string of the molecule is O=C(CCCN1C(=O)C(=Cc2ccccc2Cl)SC1=S)NNC(=O)c1ccc([N+](=O)[O-])cc1. The van der Waals surface area contributed by atoms with Crippen LogP contribution in [0.25, 0.3) is 6.08 Å². The first kappa shape index (κ1) is 24.4. The summed E-state index contributed by atoms with van der Waals surface area (Å²) in [6.07, 6.45) is 2.05. The Morgan fingerprint density at radius 3 is 2.52 bits per heavy atom. The number of thiocarbonyl (C=S) groups is 1. The van der Waals surface area contributed by atoms with E-state index in [1.165, 1.54) is 40.9 Å². The molecule has 0 atom stereocenters. The molecule has 0 aliphatic carbocycles. The summed E-state index contributed by atoms with van der Waals surface area (Å²) < 4.78 is 0.394. The molecule has 3 amide bonds. The summed E-state index contributed by atoms with van der Waals surface area (Å²) in [4.78, 5) is 48.6. The first-order valence-corrected chi connectivity index (χ1v) is 11.2. The molecule has 9 nitrogen and oxygen atoms in total. The van der Waals surface area contributed by atoms with Gasteiger partial charge in [-0.1, -0.05) is 53.8 Å². The van der Waals surface area contributed by atoms with Gasteiger partial charge in [0, 0.05) is 35.7 Å². The average Bonchev–Trinajstić information content (AvgIpc) is 3.06. The second-order valence-corrected chi connectivity index (χ2v) is 8.85. The molecule has 1 aliphatic heterocycles. The molecule has 2 N–H and O–H groups in total. The van der Waals surface area contributed by atoms with Crippen LogP contribution in [0.15, 0.2) is 53.4 Å². The highest BCUT2D eigenvalue weighted by Crippen LogP contribution is 2.33. The molecule has 1 fully saturated rings. The molecule has 33 heavy (non-hydrogen) atoms. The van der Waals surface area contributed by atoms with E-state index in [1.807, 2.05) is 6.07 Å². The van der Waals surface area contributed by atoms with Crippen LogP contribution in [-0.2, 0) is 9.59 Å². The van der Waals surface area contributed by atoms with E-state index in [-0.39, 0.29) is 30.1 Å². The van der Waals surface area contributed by atoms with Gasteiger partial charge in [-0.25, -0.2) is 0 Å². The number of benzene rings is 2. The Kier molecular flexibility index (Phi) is 8.15. The third-order valence-electron chi connectivity index (χ3n) is 4.51. The van der Waals surface area contributed by atoms with Crippen LogP contribution < -0.4 is 10.9 Å². The van der Waals surface area contributed by atoms with Gasteiger partial charge in [-0.3, -0.25) is 40.2 Å². The van der Waals surface area contributed by atoms with E-state index in [2.05, 4.69) is 10.9 Å². The molecule has 0 saturated carbocycles. The standard InChI is InChI=1S/C21H17ClN4O5S2/c22-16-5-2-1-4-14(16)12-17-20(29)25(21(32)33-17)11-3-6-18(27)23-24-19(28)13-7-9-15(10-8-13)26(30)31/h1-2,4-5,7-10,12H,3,6,11H2,(H,23,27)(H,24,28). The minimum atomic E-state index is -0.611. The minimum absolute atomic E-state index is 0.0428. The summed E-state index contributed by atoms with van der Waals surface area (Å²) in [5.41, 5.74) is 5.24. The van der Waals surface area contributed by atoms with Crippen molar-refractivity contribution in [1.29, 1.82) is 0 Å². The lowest BCUT2D eigenvalue weighted by Gasteiger charge is -2.14. The molecule has 0 bridgehead atoms. The third-order valence-corrected chi connectivity index (χ3v) is 6.23. The number of nitro groups is 1. The topological polar surface area (TPSA) is 122 Å². The van der Waals surface area contributed by atoms with Gasteiger partial charge >= 0.3 is 0 Å². The van der Waals surface area contributed by atoms with Crippen LogP contribution in [-0.4, -0.2) is 38.4 Å². The van der Waals surface area contributed by atoms with E-state index in [1.54, 1.807) is 24.3 Å². The molecule has 0 aromatic heterocycles. The Bertz CT molecular complexity index is 1150. The lowest BCUT2D eigenvalue weighted by atomic mass is 10.2. The zero-order valence-corrected chi connectivity index (χ0v) is 19.3. The Balaban J connectivity index is 1.46.